The number of carbonyl (C=O) groups is 1. The molecule has 1 N–H and O–H groups in total. The van der Waals surface area contributed by atoms with Crippen LogP contribution >= 0.6 is 0 Å². The fourth-order valence-electron chi connectivity index (χ4n) is 3.95. The quantitative estimate of drug-likeness (QED) is 0.728. The van der Waals surface area contributed by atoms with Crippen molar-refractivity contribution in [2.75, 3.05) is 34.4 Å². The smallest absolute Gasteiger partial charge is 0.231 e. The van der Waals surface area contributed by atoms with Crippen LogP contribution in [0.3, 0.4) is 0 Å². The second-order valence-electron chi connectivity index (χ2n) is 7.32. The lowest BCUT2D eigenvalue weighted by atomic mass is 10.0. The van der Waals surface area contributed by atoms with Gasteiger partial charge in [-0.2, -0.15) is 0 Å². The summed E-state index contributed by atoms with van der Waals surface area (Å²) in [5.41, 5.74) is 1.78. The molecule has 2 heterocycles. The number of phenolic OH excluding ortho intramolecular Hbond substituents is 1. The molecule has 0 radical (unpaired) electrons. The van der Waals surface area contributed by atoms with E-state index in [0.29, 0.717) is 46.2 Å². The van der Waals surface area contributed by atoms with Gasteiger partial charge in [0.15, 0.2) is 17.3 Å². The van der Waals surface area contributed by atoms with E-state index < -0.39 is 0 Å². The van der Waals surface area contributed by atoms with E-state index in [1.807, 2.05) is 0 Å². The molecule has 2 aromatic carbocycles. The standard InChI is InChI=1S/C23H25NO6/c1-27-19-11-14(12-20(28-2)23(19)29-3)10-18-21(26)15-6-7-17(25)16(22(15)30-18)13-24-8-4-5-9-24/h6-7,10-12,25H,4-5,8-9,13H2,1-3H3/b18-10-. The first-order chi connectivity index (χ1) is 14.5. The molecule has 7 heteroatoms. The molecule has 0 bridgehead atoms. The monoisotopic (exact) mass is 411 g/mol. The van der Waals surface area contributed by atoms with Crippen molar-refractivity contribution in [3.63, 3.8) is 0 Å². The van der Waals surface area contributed by atoms with Crippen LogP contribution < -0.4 is 18.9 Å². The maximum absolute atomic E-state index is 13.0. The van der Waals surface area contributed by atoms with Crippen LogP contribution in [-0.4, -0.2) is 50.2 Å². The van der Waals surface area contributed by atoms with Crippen molar-refractivity contribution in [1.82, 2.24) is 4.90 Å². The highest BCUT2D eigenvalue weighted by Crippen LogP contribution is 2.42. The Hall–Kier alpha value is -3.19. The van der Waals surface area contributed by atoms with Crippen LogP contribution in [-0.2, 0) is 6.54 Å². The highest BCUT2D eigenvalue weighted by Gasteiger charge is 2.32. The van der Waals surface area contributed by atoms with Gasteiger partial charge >= 0.3 is 0 Å². The molecule has 4 rings (SSSR count). The minimum Gasteiger partial charge on any atom is -0.507 e. The molecule has 158 valence electrons. The third kappa shape index (κ3) is 3.57. The maximum atomic E-state index is 13.0. The highest BCUT2D eigenvalue weighted by atomic mass is 16.5. The number of fused-ring (bicyclic) bond motifs is 1. The average Bonchev–Trinajstić information content (AvgIpc) is 3.37. The van der Waals surface area contributed by atoms with Crippen LogP contribution in [0.25, 0.3) is 6.08 Å². The molecule has 1 saturated heterocycles. The molecule has 0 spiro atoms. The summed E-state index contributed by atoms with van der Waals surface area (Å²) in [6.45, 7) is 2.51. The second kappa shape index (κ2) is 8.28. The second-order valence-corrected chi connectivity index (χ2v) is 7.32. The van der Waals surface area contributed by atoms with Crippen LogP contribution in [0.5, 0.6) is 28.7 Å². The lowest BCUT2D eigenvalue weighted by Gasteiger charge is -2.17. The average molecular weight is 411 g/mol. The molecule has 0 aliphatic carbocycles. The molecule has 0 atom stereocenters. The number of ketones is 1. The largest absolute Gasteiger partial charge is 0.507 e. The first kappa shape index (κ1) is 20.1. The Morgan fingerprint density at radius 3 is 2.33 bits per heavy atom. The maximum Gasteiger partial charge on any atom is 0.231 e. The molecular formula is C23H25NO6. The minimum absolute atomic E-state index is 0.141. The summed E-state index contributed by atoms with van der Waals surface area (Å²) >= 11 is 0. The summed E-state index contributed by atoms with van der Waals surface area (Å²) in [4.78, 5) is 15.2. The Morgan fingerprint density at radius 1 is 1.07 bits per heavy atom. The highest BCUT2D eigenvalue weighted by molar-refractivity contribution is 6.15. The summed E-state index contributed by atoms with van der Waals surface area (Å²) < 4.78 is 22.1. The summed E-state index contributed by atoms with van der Waals surface area (Å²) in [5, 5.41) is 10.4. The number of aromatic hydroxyl groups is 1. The van der Waals surface area contributed by atoms with Crippen LogP contribution in [0.1, 0.15) is 34.3 Å². The normalized spacial score (nSPS) is 17.2. The molecule has 0 saturated carbocycles. The predicted octanol–water partition coefficient (Wildman–Crippen LogP) is 3.63. The molecular weight excluding hydrogens is 386 g/mol. The van der Waals surface area contributed by atoms with E-state index in [1.165, 1.54) is 21.3 Å². The number of ether oxygens (including phenoxy) is 4. The predicted molar refractivity (Wildman–Crippen MR) is 112 cm³/mol. The Balaban J connectivity index is 1.70. The first-order valence-corrected chi connectivity index (χ1v) is 9.87. The fraction of sp³-hybridized carbons (Fsp3) is 0.348. The number of methoxy groups -OCH3 is 3. The van der Waals surface area contributed by atoms with Gasteiger partial charge in [-0.15, -0.1) is 0 Å². The lowest BCUT2D eigenvalue weighted by Crippen LogP contribution is -2.18. The number of rotatable bonds is 6. The van der Waals surface area contributed by atoms with Crippen LogP contribution in [0.4, 0.5) is 0 Å². The van der Waals surface area contributed by atoms with E-state index >= 15 is 0 Å². The Morgan fingerprint density at radius 2 is 1.73 bits per heavy atom. The van der Waals surface area contributed by atoms with E-state index in [0.717, 1.165) is 25.9 Å². The Bertz CT molecular complexity index is 982. The van der Waals surface area contributed by atoms with E-state index in [4.69, 9.17) is 18.9 Å². The molecule has 7 nitrogen and oxygen atoms in total. The van der Waals surface area contributed by atoms with Crippen molar-refractivity contribution in [3.8, 4) is 28.7 Å². The van der Waals surface area contributed by atoms with Crippen molar-refractivity contribution in [3.05, 3.63) is 46.7 Å². The SMILES string of the molecule is COc1cc(/C=C2\Oc3c(ccc(O)c3CN3CCCC3)C2=O)cc(OC)c1OC. The van der Waals surface area contributed by atoms with Gasteiger partial charge in [0.1, 0.15) is 11.5 Å². The van der Waals surface area contributed by atoms with E-state index in [2.05, 4.69) is 4.90 Å². The van der Waals surface area contributed by atoms with Gasteiger partial charge in [-0.1, -0.05) is 0 Å². The molecule has 0 amide bonds. The molecule has 2 aliphatic heterocycles. The summed E-state index contributed by atoms with van der Waals surface area (Å²) in [6, 6.07) is 6.66. The summed E-state index contributed by atoms with van der Waals surface area (Å²) in [6.07, 6.45) is 3.92. The summed E-state index contributed by atoms with van der Waals surface area (Å²) in [5.74, 6) is 1.99. The van der Waals surface area contributed by atoms with Crippen molar-refractivity contribution in [1.29, 1.82) is 0 Å². The number of benzene rings is 2. The van der Waals surface area contributed by atoms with Crippen molar-refractivity contribution in [2.24, 2.45) is 0 Å². The molecule has 2 aromatic rings. The van der Waals surface area contributed by atoms with E-state index in [1.54, 1.807) is 30.3 Å². The number of nitrogens with zero attached hydrogens (tertiary/aromatic N) is 1. The first-order valence-electron chi connectivity index (χ1n) is 9.87. The van der Waals surface area contributed by atoms with E-state index in [-0.39, 0.29) is 17.3 Å². The zero-order chi connectivity index (χ0) is 21.3. The Kier molecular flexibility index (Phi) is 5.55. The van der Waals surface area contributed by atoms with Gasteiger partial charge in [-0.25, -0.2) is 0 Å². The van der Waals surface area contributed by atoms with Crippen molar-refractivity contribution in [2.45, 2.75) is 19.4 Å². The van der Waals surface area contributed by atoms with Gasteiger partial charge < -0.3 is 24.1 Å². The molecule has 0 unspecified atom stereocenters. The van der Waals surface area contributed by atoms with Gasteiger partial charge in [-0.3, -0.25) is 9.69 Å². The molecule has 0 aromatic heterocycles. The third-order valence-electron chi connectivity index (χ3n) is 5.48. The zero-order valence-electron chi connectivity index (χ0n) is 17.4. The number of Topliss-reactive ketones (excluding diaryl/α,β-unsaturated/α-hetero) is 1. The van der Waals surface area contributed by atoms with Crippen molar-refractivity contribution >= 4 is 11.9 Å². The number of carbonyl (C=O) groups excluding carboxylic acids is 1. The molecule has 1 fully saturated rings. The summed E-state index contributed by atoms with van der Waals surface area (Å²) in [7, 11) is 4.61. The number of allylic oxidation sites excluding steroid dienone is 1. The van der Waals surface area contributed by atoms with E-state index in [9.17, 15) is 9.90 Å². The van der Waals surface area contributed by atoms with Crippen LogP contribution in [0.15, 0.2) is 30.0 Å². The zero-order valence-corrected chi connectivity index (χ0v) is 17.4. The topological polar surface area (TPSA) is 77.5 Å². The van der Waals surface area contributed by atoms with Crippen LogP contribution in [0.2, 0.25) is 0 Å². The lowest BCUT2D eigenvalue weighted by molar-refractivity contribution is 0.101. The van der Waals surface area contributed by atoms with Gasteiger partial charge in [0.2, 0.25) is 11.5 Å². The molecule has 2 aliphatic rings. The van der Waals surface area contributed by atoms with Gasteiger partial charge in [0.05, 0.1) is 32.5 Å². The van der Waals surface area contributed by atoms with Crippen molar-refractivity contribution < 1.29 is 28.8 Å². The molecule has 30 heavy (non-hydrogen) atoms. The van der Waals surface area contributed by atoms with Gasteiger partial charge in [-0.05, 0) is 61.8 Å². The minimum atomic E-state index is -0.221. The third-order valence-corrected chi connectivity index (χ3v) is 5.48. The number of hydrogen-bond acceptors (Lipinski definition) is 7. The van der Waals surface area contributed by atoms with Gasteiger partial charge in [0, 0.05) is 6.54 Å². The number of hydrogen-bond donors (Lipinski definition) is 1. The number of phenols is 1. The number of likely N-dealkylation sites (tertiary alicyclic amines) is 1. The van der Waals surface area contributed by atoms with Crippen LogP contribution in [0, 0.1) is 0 Å². The van der Waals surface area contributed by atoms with Gasteiger partial charge in [0.25, 0.3) is 0 Å². The fourth-order valence-corrected chi connectivity index (χ4v) is 3.95. The Labute approximate surface area is 175 Å².